The number of hydrogen-bond donors (Lipinski definition) is 2. The Hall–Kier alpha value is -2.86. The van der Waals surface area contributed by atoms with Crippen molar-refractivity contribution in [2.24, 2.45) is 0 Å². The molecule has 0 saturated heterocycles. The van der Waals surface area contributed by atoms with Crippen LogP contribution in [0.1, 0.15) is 39.3 Å². The lowest BCUT2D eigenvalue weighted by Crippen LogP contribution is -2.43. The van der Waals surface area contributed by atoms with Crippen molar-refractivity contribution in [3.05, 3.63) is 69.6 Å². The van der Waals surface area contributed by atoms with E-state index in [9.17, 15) is 9.59 Å². The second-order valence-electron chi connectivity index (χ2n) is 7.70. The van der Waals surface area contributed by atoms with Gasteiger partial charge < -0.3 is 10.6 Å². The van der Waals surface area contributed by atoms with Crippen molar-refractivity contribution >= 4 is 34.4 Å². The van der Waals surface area contributed by atoms with Gasteiger partial charge in [0.1, 0.15) is 0 Å². The number of fused-ring (bicyclic) bond motifs is 1. The Morgan fingerprint density at radius 3 is 2.50 bits per heavy atom. The van der Waals surface area contributed by atoms with E-state index >= 15 is 0 Å². The van der Waals surface area contributed by atoms with Crippen LogP contribution in [0.3, 0.4) is 0 Å². The zero-order valence-electron chi connectivity index (χ0n) is 16.3. The van der Waals surface area contributed by atoms with Gasteiger partial charge in [0.2, 0.25) is 0 Å². The Labute approximate surface area is 168 Å². The van der Waals surface area contributed by atoms with E-state index in [1.54, 1.807) is 16.7 Å². The number of carbonyl (C=O) groups excluding carboxylic acids is 1. The van der Waals surface area contributed by atoms with Crippen LogP contribution in [0.25, 0.3) is 11.0 Å². The third-order valence-corrected chi connectivity index (χ3v) is 4.59. The molecule has 146 valence electrons. The highest BCUT2D eigenvalue weighted by Gasteiger charge is 2.18. The van der Waals surface area contributed by atoms with Gasteiger partial charge in [0, 0.05) is 5.54 Å². The van der Waals surface area contributed by atoms with Gasteiger partial charge >= 0.3 is 6.03 Å². The molecular formula is C21H23ClN4O2. The molecule has 2 amide bonds. The van der Waals surface area contributed by atoms with E-state index in [4.69, 9.17) is 11.6 Å². The van der Waals surface area contributed by atoms with Crippen LogP contribution in [-0.4, -0.2) is 21.1 Å². The van der Waals surface area contributed by atoms with Crippen molar-refractivity contribution in [2.45, 2.75) is 39.3 Å². The first-order chi connectivity index (χ1) is 13.2. The number of rotatable bonds is 3. The maximum Gasteiger partial charge on any atom is 0.319 e. The number of anilines is 1. The zero-order valence-corrected chi connectivity index (χ0v) is 17.0. The minimum atomic E-state index is -0.378. The molecule has 0 fully saturated rings. The van der Waals surface area contributed by atoms with Gasteiger partial charge in [-0.25, -0.2) is 9.78 Å². The smallest absolute Gasteiger partial charge is 0.319 e. The molecule has 0 unspecified atom stereocenters. The van der Waals surface area contributed by atoms with E-state index in [0.717, 1.165) is 5.56 Å². The standard InChI is InChI=1S/C21H23ClN4O2/c1-13(14-8-6-5-7-9-14)26-18-10-15(22)16(11-17(18)23-12-19(26)27)24-20(28)25-21(2,3)4/h5-13H,1-4H3,(H2,24,25,28)/t13-/m0/s1. The number of nitrogens with one attached hydrogen (secondary N) is 2. The number of urea groups is 1. The molecule has 1 heterocycles. The number of amides is 2. The quantitative estimate of drug-likeness (QED) is 0.678. The molecule has 28 heavy (non-hydrogen) atoms. The van der Waals surface area contributed by atoms with Gasteiger partial charge in [-0.3, -0.25) is 9.36 Å². The molecule has 7 heteroatoms. The largest absolute Gasteiger partial charge is 0.333 e. The fourth-order valence-electron chi connectivity index (χ4n) is 3.02. The van der Waals surface area contributed by atoms with Crippen LogP contribution in [0.2, 0.25) is 5.02 Å². The summed E-state index contributed by atoms with van der Waals surface area (Å²) < 4.78 is 1.66. The lowest BCUT2D eigenvalue weighted by molar-refractivity contribution is 0.244. The van der Waals surface area contributed by atoms with Crippen LogP contribution in [-0.2, 0) is 0 Å². The lowest BCUT2D eigenvalue weighted by atomic mass is 10.1. The zero-order chi connectivity index (χ0) is 20.5. The number of hydrogen-bond acceptors (Lipinski definition) is 3. The van der Waals surface area contributed by atoms with Crippen molar-refractivity contribution < 1.29 is 4.79 Å². The fraction of sp³-hybridized carbons (Fsp3) is 0.286. The molecule has 0 aliphatic heterocycles. The molecule has 2 N–H and O–H groups in total. The molecule has 1 aromatic heterocycles. The summed E-state index contributed by atoms with van der Waals surface area (Å²) in [4.78, 5) is 29.0. The Balaban J connectivity index is 2.04. The molecule has 2 aromatic carbocycles. The minimum absolute atomic E-state index is 0.196. The number of halogens is 1. The van der Waals surface area contributed by atoms with Crippen LogP contribution in [0.4, 0.5) is 10.5 Å². The van der Waals surface area contributed by atoms with Crippen LogP contribution < -0.4 is 16.2 Å². The maximum atomic E-state index is 12.6. The second-order valence-corrected chi connectivity index (χ2v) is 8.11. The lowest BCUT2D eigenvalue weighted by Gasteiger charge is -2.21. The molecular weight excluding hydrogens is 376 g/mol. The van der Waals surface area contributed by atoms with E-state index in [2.05, 4.69) is 15.6 Å². The molecule has 0 aliphatic carbocycles. The predicted octanol–water partition coefficient (Wildman–Crippen LogP) is 4.58. The van der Waals surface area contributed by atoms with E-state index in [1.807, 2.05) is 58.0 Å². The van der Waals surface area contributed by atoms with Crippen LogP contribution >= 0.6 is 11.6 Å². The van der Waals surface area contributed by atoms with E-state index < -0.39 is 0 Å². The van der Waals surface area contributed by atoms with Crippen LogP contribution in [0.15, 0.2) is 53.5 Å². The molecule has 1 atom stereocenters. The average molecular weight is 399 g/mol. The molecule has 6 nitrogen and oxygen atoms in total. The summed E-state index contributed by atoms with van der Waals surface area (Å²) >= 11 is 6.41. The van der Waals surface area contributed by atoms with E-state index in [1.165, 1.54) is 6.20 Å². The van der Waals surface area contributed by atoms with Gasteiger partial charge in [-0.1, -0.05) is 41.9 Å². The topological polar surface area (TPSA) is 76.0 Å². The first-order valence-corrected chi connectivity index (χ1v) is 9.38. The first kappa shape index (κ1) is 19.9. The normalized spacial score (nSPS) is 12.6. The molecule has 3 rings (SSSR count). The molecule has 3 aromatic rings. The highest BCUT2D eigenvalue weighted by molar-refractivity contribution is 6.34. The molecule has 0 aliphatic rings. The summed E-state index contributed by atoms with van der Waals surface area (Å²) in [7, 11) is 0. The van der Waals surface area contributed by atoms with Gasteiger partial charge in [-0.2, -0.15) is 0 Å². The van der Waals surface area contributed by atoms with Crippen molar-refractivity contribution in [3.63, 3.8) is 0 Å². The summed E-state index contributed by atoms with van der Waals surface area (Å²) in [6, 6.07) is 12.5. The second kappa shape index (κ2) is 7.64. The molecule has 0 radical (unpaired) electrons. The van der Waals surface area contributed by atoms with Crippen molar-refractivity contribution in [2.75, 3.05) is 5.32 Å². The van der Waals surface area contributed by atoms with Gasteiger partial charge in [-0.15, -0.1) is 0 Å². The number of benzene rings is 2. The van der Waals surface area contributed by atoms with Gasteiger partial charge in [0.25, 0.3) is 5.56 Å². The third-order valence-electron chi connectivity index (χ3n) is 4.28. The SMILES string of the molecule is C[C@@H](c1ccccc1)n1c(=O)cnc2cc(NC(=O)NC(C)(C)C)c(Cl)cc21. The Morgan fingerprint density at radius 2 is 1.86 bits per heavy atom. The molecule has 0 saturated carbocycles. The monoisotopic (exact) mass is 398 g/mol. The van der Waals surface area contributed by atoms with Crippen LogP contribution in [0.5, 0.6) is 0 Å². The van der Waals surface area contributed by atoms with Gasteiger partial charge in [-0.05, 0) is 45.4 Å². The average Bonchev–Trinajstić information content (AvgIpc) is 2.61. The number of nitrogens with zero attached hydrogens (tertiary/aromatic N) is 2. The minimum Gasteiger partial charge on any atom is -0.333 e. The summed E-state index contributed by atoms with van der Waals surface area (Å²) in [5, 5.41) is 5.89. The van der Waals surface area contributed by atoms with Crippen LogP contribution in [0, 0.1) is 0 Å². The van der Waals surface area contributed by atoms with E-state index in [-0.39, 0.29) is 23.2 Å². The fourth-order valence-corrected chi connectivity index (χ4v) is 3.23. The number of aromatic nitrogens is 2. The van der Waals surface area contributed by atoms with Gasteiger partial charge in [0.15, 0.2) is 0 Å². The highest BCUT2D eigenvalue weighted by atomic mass is 35.5. The Bertz CT molecular complexity index is 1070. The summed E-state index contributed by atoms with van der Waals surface area (Å²) in [6.45, 7) is 7.62. The Morgan fingerprint density at radius 1 is 1.18 bits per heavy atom. The van der Waals surface area contributed by atoms with Crippen molar-refractivity contribution in [1.82, 2.24) is 14.9 Å². The van der Waals surface area contributed by atoms with Crippen molar-refractivity contribution in [3.8, 4) is 0 Å². The maximum absolute atomic E-state index is 12.6. The molecule has 0 spiro atoms. The first-order valence-electron chi connectivity index (χ1n) is 9.00. The Kier molecular flexibility index (Phi) is 5.42. The summed E-state index contributed by atoms with van der Waals surface area (Å²) in [6.07, 6.45) is 1.29. The summed E-state index contributed by atoms with van der Waals surface area (Å²) in [5.74, 6) is 0. The third kappa shape index (κ3) is 4.34. The molecule has 0 bridgehead atoms. The summed E-state index contributed by atoms with van der Waals surface area (Å²) in [5.41, 5.74) is 2.01. The van der Waals surface area contributed by atoms with Gasteiger partial charge in [0.05, 0.1) is 34.0 Å². The van der Waals surface area contributed by atoms with E-state index in [0.29, 0.717) is 21.7 Å². The number of carbonyl (C=O) groups is 1. The van der Waals surface area contributed by atoms with Crippen molar-refractivity contribution in [1.29, 1.82) is 0 Å². The highest BCUT2D eigenvalue weighted by Crippen LogP contribution is 2.29. The predicted molar refractivity (Wildman–Crippen MR) is 113 cm³/mol.